The number of nitrogens with zero attached hydrogens (tertiary/aromatic N) is 2. The lowest BCUT2D eigenvalue weighted by molar-refractivity contribution is -0.134. The van der Waals surface area contributed by atoms with Crippen LogP contribution in [0.15, 0.2) is 54.9 Å². The lowest BCUT2D eigenvalue weighted by atomic mass is 9.90. The summed E-state index contributed by atoms with van der Waals surface area (Å²) in [6.07, 6.45) is 6.21. The summed E-state index contributed by atoms with van der Waals surface area (Å²) in [7, 11) is 0. The Morgan fingerprint density at radius 2 is 1.77 bits per heavy atom. The molecule has 0 aliphatic carbocycles. The van der Waals surface area contributed by atoms with Gasteiger partial charge in [0.05, 0.1) is 0 Å². The first kappa shape index (κ1) is 18.1. The summed E-state index contributed by atoms with van der Waals surface area (Å²) in [6.45, 7) is 3.26. The van der Waals surface area contributed by atoms with Crippen LogP contribution in [0, 0.1) is 5.92 Å². The van der Waals surface area contributed by atoms with Crippen LogP contribution < -0.4 is 5.32 Å². The van der Waals surface area contributed by atoms with Gasteiger partial charge >= 0.3 is 0 Å². The number of pyridine rings is 1. The molecule has 3 rings (SSSR count). The molecule has 2 amide bonds. The maximum absolute atomic E-state index is 12.6. The van der Waals surface area contributed by atoms with Crippen molar-refractivity contribution in [1.29, 1.82) is 0 Å². The zero-order valence-electron chi connectivity index (χ0n) is 15.1. The van der Waals surface area contributed by atoms with Gasteiger partial charge in [0, 0.05) is 31.0 Å². The Kier molecular flexibility index (Phi) is 6.00. The Morgan fingerprint density at radius 1 is 1.12 bits per heavy atom. The van der Waals surface area contributed by atoms with Gasteiger partial charge in [-0.2, -0.15) is 0 Å². The van der Waals surface area contributed by atoms with Crippen molar-refractivity contribution >= 4 is 11.8 Å². The van der Waals surface area contributed by atoms with Crippen molar-refractivity contribution in [3.05, 3.63) is 66.0 Å². The Hall–Kier alpha value is -2.69. The van der Waals surface area contributed by atoms with Crippen molar-refractivity contribution in [1.82, 2.24) is 15.2 Å². The van der Waals surface area contributed by atoms with E-state index in [4.69, 9.17) is 0 Å². The number of nitrogens with one attached hydrogen (secondary N) is 1. The van der Waals surface area contributed by atoms with Crippen LogP contribution in [0.3, 0.4) is 0 Å². The van der Waals surface area contributed by atoms with E-state index in [9.17, 15) is 9.59 Å². The van der Waals surface area contributed by atoms with Crippen molar-refractivity contribution in [2.75, 3.05) is 13.1 Å². The van der Waals surface area contributed by atoms with E-state index in [0.717, 1.165) is 32.4 Å². The summed E-state index contributed by atoms with van der Waals surface area (Å²) in [5.74, 6) is 0.362. The van der Waals surface area contributed by atoms with Gasteiger partial charge in [0.2, 0.25) is 5.91 Å². The maximum Gasteiger partial charge on any atom is 0.252 e. The highest BCUT2D eigenvalue weighted by Crippen LogP contribution is 2.22. The van der Waals surface area contributed by atoms with Gasteiger partial charge in [-0.1, -0.05) is 30.3 Å². The summed E-state index contributed by atoms with van der Waals surface area (Å²) in [5.41, 5.74) is 1.87. The third-order valence-corrected chi connectivity index (χ3v) is 4.95. The largest absolute Gasteiger partial charge is 0.341 e. The van der Waals surface area contributed by atoms with E-state index in [2.05, 4.69) is 34.6 Å². The van der Waals surface area contributed by atoms with Crippen LogP contribution in [0.4, 0.5) is 0 Å². The van der Waals surface area contributed by atoms with E-state index in [1.165, 1.54) is 5.56 Å². The minimum Gasteiger partial charge on any atom is -0.341 e. The van der Waals surface area contributed by atoms with Crippen molar-refractivity contribution in [2.45, 2.75) is 32.2 Å². The fourth-order valence-corrected chi connectivity index (χ4v) is 3.42. The fraction of sp³-hybridized carbons (Fsp3) is 0.381. The zero-order chi connectivity index (χ0) is 18.4. The number of benzene rings is 1. The summed E-state index contributed by atoms with van der Waals surface area (Å²) < 4.78 is 0. The van der Waals surface area contributed by atoms with E-state index in [-0.39, 0.29) is 11.8 Å². The molecule has 1 N–H and O–H groups in total. The minimum atomic E-state index is -0.527. The molecular formula is C21H25N3O2. The molecule has 1 aromatic heterocycles. The normalized spacial score (nSPS) is 16.1. The molecule has 0 unspecified atom stereocenters. The summed E-state index contributed by atoms with van der Waals surface area (Å²) >= 11 is 0. The first-order chi connectivity index (χ1) is 12.6. The van der Waals surface area contributed by atoms with E-state index >= 15 is 0 Å². The van der Waals surface area contributed by atoms with Gasteiger partial charge in [-0.15, -0.1) is 0 Å². The Labute approximate surface area is 154 Å². The van der Waals surface area contributed by atoms with Gasteiger partial charge in [-0.05, 0) is 49.8 Å². The van der Waals surface area contributed by atoms with Crippen LogP contribution in [-0.4, -0.2) is 40.8 Å². The van der Waals surface area contributed by atoms with Crippen molar-refractivity contribution in [3.8, 4) is 0 Å². The van der Waals surface area contributed by atoms with E-state index in [1.807, 2.05) is 11.0 Å². The quantitative estimate of drug-likeness (QED) is 0.901. The molecule has 136 valence electrons. The monoisotopic (exact) mass is 351 g/mol. The predicted molar refractivity (Wildman–Crippen MR) is 101 cm³/mol. The van der Waals surface area contributed by atoms with Gasteiger partial charge in [0.1, 0.15) is 6.04 Å². The molecule has 1 atom stereocenters. The van der Waals surface area contributed by atoms with E-state index in [1.54, 1.807) is 31.5 Å². The highest BCUT2D eigenvalue weighted by Gasteiger charge is 2.27. The molecule has 0 radical (unpaired) electrons. The van der Waals surface area contributed by atoms with Crippen LogP contribution in [0.1, 0.15) is 35.7 Å². The van der Waals surface area contributed by atoms with Gasteiger partial charge in [-0.3, -0.25) is 14.6 Å². The minimum absolute atomic E-state index is 0.00873. The number of likely N-dealkylation sites (tertiary alicyclic amines) is 1. The molecule has 1 aromatic carbocycles. The number of hydrogen-bond donors (Lipinski definition) is 1. The summed E-state index contributed by atoms with van der Waals surface area (Å²) in [6, 6.07) is 13.3. The Bertz CT molecular complexity index is 725. The number of rotatable bonds is 5. The maximum atomic E-state index is 12.6. The van der Waals surface area contributed by atoms with Crippen LogP contribution in [0.25, 0.3) is 0 Å². The van der Waals surface area contributed by atoms with Crippen molar-refractivity contribution in [2.24, 2.45) is 5.92 Å². The summed E-state index contributed by atoms with van der Waals surface area (Å²) in [5, 5.41) is 2.79. The average molecular weight is 351 g/mol. The SMILES string of the molecule is C[C@@H](NC(=O)c1ccncc1)C(=O)N1CCC(Cc2ccccc2)CC1. The van der Waals surface area contributed by atoms with Crippen molar-refractivity contribution in [3.63, 3.8) is 0 Å². The molecule has 2 aromatic rings. The third-order valence-electron chi connectivity index (χ3n) is 4.95. The molecule has 0 bridgehead atoms. The lowest BCUT2D eigenvalue weighted by Gasteiger charge is -2.33. The first-order valence-electron chi connectivity index (χ1n) is 9.17. The van der Waals surface area contributed by atoms with E-state index in [0.29, 0.717) is 11.5 Å². The van der Waals surface area contributed by atoms with Crippen LogP contribution in [0.2, 0.25) is 0 Å². The number of carbonyl (C=O) groups is 2. The smallest absolute Gasteiger partial charge is 0.252 e. The third kappa shape index (κ3) is 4.69. The Balaban J connectivity index is 1.47. The number of carbonyl (C=O) groups excluding carboxylic acids is 2. The molecule has 5 nitrogen and oxygen atoms in total. The average Bonchev–Trinajstić information content (AvgIpc) is 2.69. The number of amides is 2. The second-order valence-electron chi connectivity index (χ2n) is 6.89. The second kappa shape index (κ2) is 8.61. The highest BCUT2D eigenvalue weighted by molar-refractivity contribution is 5.97. The molecule has 1 fully saturated rings. The highest BCUT2D eigenvalue weighted by atomic mass is 16.2. The standard InChI is InChI=1S/C21H25N3O2/c1-16(23-20(25)19-7-11-22-12-8-19)21(26)24-13-9-18(10-14-24)15-17-5-3-2-4-6-17/h2-8,11-12,16,18H,9-10,13-15H2,1H3,(H,23,25)/t16-/m1/s1. The number of piperidine rings is 1. The molecule has 26 heavy (non-hydrogen) atoms. The van der Waals surface area contributed by atoms with Gasteiger partial charge in [0.15, 0.2) is 0 Å². The van der Waals surface area contributed by atoms with Gasteiger partial charge < -0.3 is 10.2 Å². The van der Waals surface area contributed by atoms with E-state index < -0.39 is 6.04 Å². The zero-order valence-corrected chi connectivity index (χ0v) is 15.1. The molecule has 2 heterocycles. The molecule has 1 saturated heterocycles. The number of hydrogen-bond acceptors (Lipinski definition) is 3. The van der Waals surface area contributed by atoms with Crippen LogP contribution >= 0.6 is 0 Å². The second-order valence-corrected chi connectivity index (χ2v) is 6.89. The van der Waals surface area contributed by atoms with Crippen molar-refractivity contribution < 1.29 is 9.59 Å². The molecule has 0 saturated carbocycles. The molecular weight excluding hydrogens is 326 g/mol. The first-order valence-corrected chi connectivity index (χ1v) is 9.17. The Morgan fingerprint density at radius 3 is 2.42 bits per heavy atom. The molecule has 0 spiro atoms. The van der Waals surface area contributed by atoms with Gasteiger partial charge in [-0.25, -0.2) is 0 Å². The lowest BCUT2D eigenvalue weighted by Crippen LogP contribution is -2.49. The topological polar surface area (TPSA) is 62.3 Å². The fourth-order valence-electron chi connectivity index (χ4n) is 3.42. The van der Waals surface area contributed by atoms with Crippen LogP contribution in [0.5, 0.6) is 0 Å². The molecule has 1 aliphatic rings. The summed E-state index contributed by atoms with van der Waals surface area (Å²) in [4.78, 5) is 30.6. The van der Waals surface area contributed by atoms with Gasteiger partial charge in [0.25, 0.3) is 5.91 Å². The molecule has 1 aliphatic heterocycles. The molecule has 5 heteroatoms. The van der Waals surface area contributed by atoms with Crippen LogP contribution in [-0.2, 0) is 11.2 Å². The predicted octanol–water partition coefficient (Wildman–Crippen LogP) is 2.68. The number of aromatic nitrogens is 1.